The van der Waals surface area contributed by atoms with E-state index in [9.17, 15) is 28.1 Å². The van der Waals surface area contributed by atoms with E-state index >= 15 is 0 Å². The van der Waals surface area contributed by atoms with Crippen molar-refractivity contribution in [3.63, 3.8) is 0 Å². The number of ether oxygens (including phenoxy) is 2. The molecule has 2 aromatic carbocycles. The summed E-state index contributed by atoms with van der Waals surface area (Å²) in [4.78, 5) is 33.6. The second kappa shape index (κ2) is 10.4. The van der Waals surface area contributed by atoms with Crippen molar-refractivity contribution in [2.24, 2.45) is 0 Å². The van der Waals surface area contributed by atoms with Crippen LogP contribution >= 0.6 is 0 Å². The molecule has 0 saturated heterocycles. The standard InChI is InChI=1S/C18H20N4O8S/c1-19-15-7-6-14(9-16(15)22(25)26)31(27,28)20-10-18(24)30-11-17(23)21-12-4-3-5-13(8-12)29-2/h3-9,19-20H,10-11H2,1-2H3,(H,21,23). The lowest BCUT2D eigenvalue weighted by Crippen LogP contribution is -2.32. The summed E-state index contributed by atoms with van der Waals surface area (Å²) in [6.45, 7) is -1.41. The molecule has 0 aromatic heterocycles. The number of nitro groups is 1. The molecule has 0 aliphatic heterocycles. The third-order valence-electron chi connectivity index (χ3n) is 3.87. The van der Waals surface area contributed by atoms with Crippen molar-refractivity contribution in [3.8, 4) is 5.75 Å². The zero-order chi connectivity index (χ0) is 23.0. The maximum Gasteiger partial charge on any atom is 0.321 e. The van der Waals surface area contributed by atoms with Gasteiger partial charge >= 0.3 is 5.97 Å². The first kappa shape index (κ1) is 23.6. The maximum absolute atomic E-state index is 12.3. The van der Waals surface area contributed by atoms with Gasteiger partial charge in [0, 0.05) is 24.9 Å². The molecule has 0 aliphatic carbocycles. The van der Waals surface area contributed by atoms with Crippen molar-refractivity contribution in [2.45, 2.75) is 4.90 Å². The summed E-state index contributed by atoms with van der Waals surface area (Å²) >= 11 is 0. The third kappa shape index (κ3) is 6.65. The van der Waals surface area contributed by atoms with Crippen molar-refractivity contribution in [3.05, 3.63) is 52.6 Å². The van der Waals surface area contributed by atoms with E-state index in [1.165, 1.54) is 20.2 Å². The molecule has 166 valence electrons. The van der Waals surface area contributed by atoms with Gasteiger partial charge < -0.3 is 20.1 Å². The fourth-order valence-electron chi connectivity index (χ4n) is 2.37. The predicted molar refractivity (Wildman–Crippen MR) is 110 cm³/mol. The molecule has 1 amide bonds. The molecule has 3 N–H and O–H groups in total. The SMILES string of the molecule is CNc1ccc(S(=O)(=O)NCC(=O)OCC(=O)Nc2cccc(OC)c2)cc1[N+](=O)[O-]. The molecule has 0 radical (unpaired) electrons. The van der Waals surface area contributed by atoms with Crippen LogP contribution in [0.2, 0.25) is 0 Å². The molecule has 2 rings (SSSR count). The van der Waals surface area contributed by atoms with Gasteiger partial charge in [-0.2, -0.15) is 4.72 Å². The minimum absolute atomic E-state index is 0.130. The summed E-state index contributed by atoms with van der Waals surface area (Å²) < 4.78 is 36.3. The summed E-state index contributed by atoms with van der Waals surface area (Å²) in [6, 6.07) is 9.75. The lowest BCUT2D eigenvalue weighted by atomic mass is 10.3. The van der Waals surface area contributed by atoms with Gasteiger partial charge in [0.05, 0.1) is 16.9 Å². The summed E-state index contributed by atoms with van der Waals surface area (Å²) in [6.07, 6.45) is 0. The Bertz CT molecular complexity index is 1090. The number of sulfonamides is 1. The van der Waals surface area contributed by atoms with E-state index in [4.69, 9.17) is 9.47 Å². The Morgan fingerprint density at radius 3 is 2.55 bits per heavy atom. The topological polar surface area (TPSA) is 166 Å². The Labute approximate surface area is 177 Å². The smallest absolute Gasteiger partial charge is 0.321 e. The molecule has 0 bridgehead atoms. The van der Waals surface area contributed by atoms with Gasteiger partial charge in [-0.15, -0.1) is 0 Å². The predicted octanol–water partition coefficient (Wildman–Crippen LogP) is 1.11. The molecule has 0 fully saturated rings. The number of benzene rings is 2. The normalized spacial score (nSPS) is 10.8. The van der Waals surface area contributed by atoms with Crippen LogP contribution in [0.5, 0.6) is 5.75 Å². The van der Waals surface area contributed by atoms with Gasteiger partial charge in [0.1, 0.15) is 18.0 Å². The van der Waals surface area contributed by atoms with Gasteiger partial charge in [-0.25, -0.2) is 8.42 Å². The van der Waals surface area contributed by atoms with Crippen LogP contribution in [-0.2, 0) is 24.3 Å². The molecule has 0 heterocycles. The largest absolute Gasteiger partial charge is 0.497 e. The van der Waals surface area contributed by atoms with Crippen LogP contribution in [0.15, 0.2) is 47.4 Å². The number of rotatable bonds is 10. The number of amides is 1. The number of carbonyl (C=O) groups excluding carboxylic acids is 2. The Balaban J connectivity index is 1.90. The second-order valence-corrected chi connectivity index (χ2v) is 7.72. The highest BCUT2D eigenvalue weighted by Gasteiger charge is 2.22. The van der Waals surface area contributed by atoms with Crippen LogP contribution in [-0.4, -0.2) is 52.5 Å². The fraction of sp³-hybridized carbons (Fsp3) is 0.222. The molecular weight excluding hydrogens is 432 g/mol. The summed E-state index contributed by atoms with van der Waals surface area (Å²) in [5, 5.41) is 16.1. The maximum atomic E-state index is 12.3. The molecule has 0 unspecified atom stereocenters. The second-order valence-electron chi connectivity index (χ2n) is 5.95. The van der Waals surface area contributed by atoms with Crippen molar-refractivity contribution in [2.75, 3.05) is 37.9 Å². The van der Waals surface area contributed by atoms with Crippen LogP contribution in [0.4, 0.5) is 17.1 Å². The zero-order valence-corrected chi connectivity index (χ0v) is 17.4. The lowest BCUT2D eigenvalue weighted by molar-refractivity contribution is -0.384. The first-order chi connectivity index (χ1) is 14.7. The van der Waals surface area contributed by atoms with E-state index in [0.29, 0.717) is 11.4 Å². The summed E-state index contributed by atoms with van der Waals surface area (Å²) in [7, 11) is -1.31. The van der Waals surface area contributed by atoms with Gasteiger partial charge in [0.15, 0.2) is 6.61 Å². The number of esters is 1. The minimum atomic E-state index is -4.23. The number of methoxy groups -OCH3 is 1. The van der Waals surface area contributed by atoms with E-state index < -0.39 is 50.6 Å². The number of anilines is 2. The average molecular weight is 452 g/mol. The van der Waals surface area contributed by atoms with Gasteiger partial charge in [-0.1, -0.05) is 6.07 Å². The van der Waals surface area contributed by atoms with Crippen LogP contribution in [0.1, 0.15) is 0 Å². The monoisotopic (exact) mass is 452 g/mol. The Morgan fingerprint density at radius 2 is 1.90 bits per heavy atom. The van der Waals surface area contributed by atoms with Gasteiger partial charge in [0.2, 0.25) is 10.0 Å². The average Bonchev–Trinajstić information content (AvgIpc) is 2.75. The highest BCUT2D eigenvalue weighted by atomic mass is 32.2. The van der Waals surface area contributed by atoms with Crippen LogP contribution in [0.25, 0.3) is 0 Å². The van der Waals surface area contributed by atoms with E-state index in [1.54, 1.807) is 24.3 Å². The Morgan fingerprint density at radius 1 is 1.16 bits per heavy atom. The molecule has 0 aliphatic rings. The summed E-state index contributed by atoms with van der Waals surface area (Å²) in [5.41, 5.74) is 0.111. The van der Waals surface area contributed by atoms with Crippen molar-refractivity contribution in [1.29, 1.82) is 0 Å². The number of hydrogen-bond donors (Lipinski definition) is 3. The summed E-state index contributed by atoms with van der Waals surface area (Å²) in [5.74, 6) is -1.12. The molecule has 12 nitrogen and oxygen atoms in total. The van der Waals surface area contributed by atoms with E-state index in [0.717, 1.165) is 12.1 Å². The number of hydrogen-bond acceptors (Lipinski definition) is 9. The molecule has 0 atom stereocenters. The third-order valence-corrected chi connectivity index (χ3v) is 5.27. The van der Waals surface area contributed by atoms with Crippen molar-refractivity contribution in [1.82, 2.24) is 4.72 Å². The number of nitro benzene ring substituents is 1. The minimum Gasteiger partial charge on any atom is -0.497 e. The van der Waals surface area contributed by atoms with Gasteiger partial charge in [-0.3, -0.25) is 19.7 Å². The fourth-order valence-corrected chi connectivity index (χ4v) is 3.36. The molecule has 31 heavy (non-hydrogen) atoms. The van der Waals surface area contributed by atoms with E-state index in [-0.39, 0.29) is 5.69 Å². The van der Waals surface area contributed by atoms with E-state index in [1.807, 2.05) is 4.72 Å². The molecule has 0 saturated carbocycles. The lowest BCUT2D eigenvalue weighted by Gasteiger charge is -2.09. The molecular formula is C18H20N4O8S. The highest BCUT2D eigenvalue weighted by molar-refractivity contribution is 7.89. The highest BCUT2D eigenvalue weighted by Crippen LogP contribution is 2.27. The van der Waals surface area contributed by atoms with Crippen LogP contribution in [0, 0.1) is 10.1 Å². The molecule has 13 heteroatoms. The zero-order valence-electron chi connectivity index (χ0n) is 16.6. The van der Waals surface area contributed by atoms with Crippen molar-refractivity contribution < 1.29 is 32.4 Å². The van der Waals surface area contributed by atoms with E-state index in [2.05, 4.69) is 10.6 Å². The molecule has 2 aromatic rings. The Kier molecular flexibility index (Phi) is 7.88. The first-order valence-corrected chi connectivity index (χ1v) is 10.2. The molecule has 0 spiro atoms. The van der Waals surface area contributed by atoms with Crippen LogP contribution in [0.3, 0.4) is 0 Å². The van der Waals surface area contributed by atoms with Crippen LogP contribution < -0.4 is 20.1 Å². The first-order valence-electron chi connectivity index (χ1n) is 8.71. The van der Waals surface area contributed by atoms with Crippen molar-refractivity contribution >= 4 is 39.0 Å². The van der Waals surface area contributed by atoms with Gasteiger partial charge in [0.25, 0.3) is 11.6 Å². The Hall–Kier alpha value is -3.71. The number of carbonyl (C=O) groups is 2. The number of nitrogens with zero attached hydrogens (tertiary/aromatic N) is 1. The quantitative estimate of drug-likeness (QED) is 0.272. The van der Waals surface area contributed by atoms with Gasteiger partial charge in [-0.05, 0) is 24.3 Å². The number of nitrogens with one attached hydrogen (secondary N) is 3.